The molecule has 0 aliphatic heterocycles. The third-order valence-electron chi connectivity index (χ3n) is 5.37. The molecule has 0 spiro atoms. The van der Waals surface area contributed by atoms with Gasteiger partial charge in [-0.3, -0.25) is 0 Å². The van der Waals surface area contributed by atoms with E-state index in [1.54, 1.807) is 6.07 Å². The highest BCUT2D eigenvalue weighted by atomic mass is 19.2. The Bertz CT molecular complexity index is 476. The Kier molecular flexibility index (Phi) is 2.42. The molecule has 1 nitrogen and oxygen atoms in total. The fraction of sp³-hybridized carbons (Fsp3) is 0.625. The number of rotatable bonds is 2. The van der Waals surface area contributed by atoms with Crippen LogP contribution in [-0.4, -0.2) is 5.54 Å². The lowest BCUT2D eigenvalue weighted by molar-refractivity contribution is 0.0107. The molecule has 4 saturated carbocycles. The highest BCUT2D eigenvalue weighted by Gasteiger charge is 2.50. The van der Waals surface area contributed by atoms with Gasteiger partial charge in [-0.2, -0.15) is 0 Å². The molecule has 5 rings (SSSR count). The first-order valence-corrected chi connectivity index (χ1v) is 7.35. The molecule has 1 aromatic carbocycles. The molecular formula is C16H19F2N. The maximum atomic E-state index is 13.3. The summed E-state index contributed by atoms with van der Waals surface area (Å²) in [7, 11) is 0. The predicted octanol–water partition coefficient (Wildman–Crippen LogP) is 4.35. The fourth-order valence-corrected chi connectivity index (χ4v) is 5.14. The Hall–Kier alpha value is -1.12. The van der Waals surface area contributed by atoms with Gasteiger partial charge in [0.2, 0.25) is 0 Å². The summed E-state index contributed by atoms with van der Waals surface area (Å²) in [5.74, 6) is 1.03. The summed E-state index contributed by atoms with van der Waals surface area (Å²) in [5, 5.41) is 3.55. The molecule has 4 aliphatic rings. The zero-order valence-electron chi connectivity index (χ0n) is 11.0. The van der Waals surface area contributed by atoms with Crippen LogP contribution >= 0.6 is 0 Å². The molecule has 1 N–H and O–H groups in total. The van der Waals surface area contributed by atoms with E-state index in [4.69, 9.17) is 0 Å². The lowest BCUT2D eigenvalue weighted by Crippen LogP contribution is -2.54. The minimum absolute atomic E-state index is 0.152. The summed E-state index contributed by atoms with van der Waals surface area (Å²) in [6, 6.07) is 4.18. The van der Waals surface area contributed by atoms with Crippen molar-refractivity contribution in [3.05, 3.63) is 29.8 Å². The first-order valence-electron chi connectivity index (χ1n) is 7.35. The van der Waals surface area contributed by atoms with Gasteiger partial charge in [0.05, 0.1) is 0 Å². The van der Waals surface area contributed by atoms with Crippen LogP contribution in [0.5, 0.6) is 0 Å². The summed E-state index contributed by atoms with van der Waals surface area (Å²) >= 11 is 0. The SMILES string of the molecule is Fc1ccc(NC23CC4CC(CC(C4)C2)C3)cc1F. The zero-order chi connectivity index (χ0) is 13.0. The second kappa shape index (κ2) is 3.94. The zero-order valence-corrected chi connectivity index (χ0v) is 11.0. The van der Waals surface area contributed by atoms with E-state index in [0.717, 1.165) is 23.4 Å². The van der Waals surface area contributed by atoms with E-state index in [0.29, 0.717) is 0 Å². The molecule has 19 heavy (non-hydrogen) atoms. The standard InChI is InChI=1S/C16H19F2N/c17-14-2-1-13(6-15(14)18)19-16-7-10-3-11(8-16)5-12(4-10)9-16/h1-2,6,10-12,19H,3-5,7-9H2. The third kappa shape index (κ3) is 1.94. The van der Waals surface area contributed by atoms with Gasteiger partial charge >= 0.3 is 0 Å². The van der Waals surface area contributed by atoms with Gasteiger partial charge in [-0.25, -0.2) is 8.78 Å². The van der Waals surface area contributed by atoms with Crippen molar-refractivity contribution in [2.75, 3.05) is 5.32 Å². The average Bonchev–Trinajstić information content (AvgIpc) is 2.31. The molecule has 0 heterocycles. The lowest BCUT2D eigenvalue weighted by atomic mass is 9.53. The Morgan fingerprint density at radius 2 is 1.47 bits per heavy atom. The average molecular weight is 263 g/mol. The second-order valence-electron chi connectivity index (χ2n) is 6.95. The number of benzene rings is 1. The number of hydrogen-bond donors (Lipinski definition) is 1. The maximum absolute atomic E-state index is 13.3. The van der Waals surface area contributed by atoms with Crippen molar-refractivity contribution < 1.29 is 8.78 Å². The molecule has 0 unspecified atom stereocenters. The van der Waals surface area contributed by atoms with E-state index in [-0.39, 0.29) is 5.54 Å². The molecule has 1 aromatic rings. The van der Waals surface area contributed by atoms with Crippen molar-refractivity contribution in [1.29, 1.82) is 0 Å². The van der Waals surface area contributed by atoms with Crippen molar-refractivity contribution in [1.82, 2.24) is 0 Å². The first-order chi connectivity index (χ1) is 9.12. The normalized spacial score (nSPS) is 39.6. The second-order valence-corrected chi connectivity index (χ2v) is 6.95. The smallest absolute Gasteiger partial charge is 0.160 e. The van der Waals surface area contributed by atoms with Crippen molar-refractivity contribution >= 4 is 5.69 Å². The van der Waals surface area contributed by atoms with E-state index in [9.17, 15) is 8.78 Å². The Balaban J connectivity index is 1.60. The minimum atomic E-state index is -0.768. The van der Waals surface area contributed by atoms with Crippen molar-refractivity contribution in [3.8, 4) is 0 Å². The predicted molar refractivity (Wildman–Crippen MR) is 70.9 cm³/mol. The van der Waals surface area contributed by atoms with Gasteiger partial charge in [0.1, 0.15) is 0 Å². The van der Waals surface area contributed by atoms with Gasteiger partial charge in [-0.15, -0.1) is 0 Å². The van der Waals surface area contributed by atoms with Crippen LogP contribution in [0.25, 0.3) is 0 Å². The van der Waals surface area contributed by atoms with Crippen LogP contribution in [0, 0.1) is 29.4 Å². The van der Waals surface area contributed by atoms with Crippen LogP contribution in [0.1, 0.15) is 38.5 Å². The lowest BCUT2D eigenvalue weighted by Gasteiger charge is -2.57. The molecule has 4 bridgehead atoms. The number of hydrogen-bond acceptors (Lipinski definition) is 1. The van der Waals surface area contributed by atoms with Crippen LogP contribution in [0.2, 0.25) is 0 Å². The van der Waals surface area contributed by atoms with Crippen molar-refractivity contribution in [3.63, 3.8) is 0 Å². The van der Waals surface area contributed by atoms with Gasteiger partial charge in [0, 0.05) is 17.3 Å². The molecule has 0 radical (unpaired) electrons. The first kappa shape index (κ1) is 11.7. The summed E-state index contributed by atoms with van der Waals surface area (Å²) in [4.78, 5) is 0. The molecule has 4 aliphatic carbocycles. The highest BCUT2D eigenvalue weighted by Crippen LogP contribution is 2.56. The van der Waals surface area contributed by atoms with Crippen LogP contribution in [0.15, 0.2) is 18.2 Å². The molecule has 0 saturated heterocycles. The van der Waals surface area contributed by atoms with Gasteiger partial charge in [-0.1, -0.05) is 0 Å². The van der Waals surface area contributed by atoms with Crippen LogP contribution in [-0.2, 0) is 0 Å². The highest BCUT2D eigenvalue weighted by molar-refractivity contribution is 5.46. The molecule has 4 fully saturated rings. The summed E-state index contributed by atoms with van der Waals surface area (Å²) < 4.78 is 26.3. The van der Waals surface area contributed by atoms with Crippen molar-refractivity contribution in [2.45, 2.75) is 44.1 Å². The molecule has 0 amide bonds. The maximum Gasteiger partial charge on any atom is 0.160 e. The van der Waals surface area contributed by atoms with Crippen LogP contribution < -0.4 is 5.32 Å². The van der Waals surface area contributed by atoms with Crippen LogP contribution in [0.3, 0.4) is 0 Å². The molecule has 102 valence electrons. The van der Waals surface area contributed by atoms with Gasteiger partial charge in [-0.05, 0) is 68.4 Å². The topological polar surface area (TPSA) is 12.0 Å². The van der Waals surface area contributed by atoms with E-state index in [1.165, 1.54) is 50.7 Å². The van der Waals surface area contributed by atoms with E-state index in [1.807, 2.05) is 0 Å². The van der Waals surface area contributed by atoms with E-state index >= 15 is 0 Å². The monoisotopic (exact) mass is 263 g/mol. The van der Waals surface area contributed by atoms with E-state index in [2.05, 4.69) is 5.32 Å². The molecular weight excluding hydrogens is 244 g/mol. The molecule has 3 heteroatoms. The van der Waals surface area contributed by atoms with Crippen molar-refractivity contribution in [2.24, 2.45) is 17.8 Å². The Morgan fingerprint density at radius 1 is 0.895 bits per heavy atom. The van der Waals surface area contributed by atoms with Gasteiger partial charge in [0.25, 0.3) is 0 Å². The third-order valence-corrected chi connectivity index (χ3v) is 5.37. The van der Waals surface area contributed by atoms with Crippen LogP contribution in [0.4, 0.5) is 14.5 Å². The Morgan fingerprint density at radius 3 is 2.00 bits per heavy atom. The van der Waals surface area contributed by atoms with E-state index < -0.39 is 11.6 Å². The number of halogens is 2. The summed E-state index contributed by atoms with van der Waals surface area (Å²) in [6.07, 6.45) is 7.78. The van der Waals surface area contributed by atoms with Gasteiger partial charge in [0.15, 0.2) is 11.6 Å². The largest absolute Gasteiger partial charge is 0.379 e. The fourth-order valence-electron chi connectivity index (χ4n) is 5.14. The van der Waals surface area contributed by atoms with Gasteiger partial charge < -0.3 is 5.32 Å². The Labute approximate surface area is 112 Å². The number of nitrogens with one attached hydrogen (secondary N) is 1. The quantitative estimate of drug-likeness (QED) is 0.836. The number of anilines is 1. The molecule has 0 aromatic heterocycles. The summed E-state index contributed by atoms with van der Waals surface area (Å²) in [6.45, 7) is 0. The summed E-state index contributed by atoms with van der Waals surface area (Å²) in [5.41, 5.74) is 0.889. The minimum Gasteiger partial charge on any atom is -0.379 e. The molecule has 0 atom stereocenters.